The van der Waals surface area contributed by atoms with Crippen LogP contribution in [0.2, 0.25) is 0 Å². The van der Waals surface area contributed by atoms with Gasteiger partial charge < -0.3 is 9.47 Å². The molecule has 0 saturated carbocycles. The zero-order valence-corrected chi connectivity index (χ0v) is 13.3. The Hall–Kier alpha value is -0.950. The van der Waals surface area contributed by atoms with Gasteiger partial charge in [0.25, 0.3) is 0 Å². The predicted octanol–water partition coefficient (Wildman–Crippen LogP) is 1.83. The molecule has 0 N–H and O–H groups in total. The highest BCUT2D eigenvalue weighted by atomic mass is 32.2. The van der Waals surface area contributed by atoms with Gasteiger partial charge in [-0.25, -0.2) is 8.42 Å². The maximum atomic E-state index is 12.9. The molecular formula is C15H21NO4S. The molecule has 2 heterocycles. The zero-order valence-electron chi connectivity index (χ0n) is 12.5. The van der Waals surface area contributed by atoms with Gasteiger partial charge in [-0.3, -0.25) is 0 Å². The summed E-state index contributed by atoms with van der Waals surface area (Å²) in [5.41, 5.74) is 1.72. The molecule has 2 fully saturated rings. The van der Waals surface area contributed by atoms with Crippen LogP contribution in [-0.2, 0) is 19.5 Å². The summed E-state index contributed by atoms with van der Waals surface area (Å²) in [5, 5.41) is 0. The van der Waals surface area contributed by atoms with Crippen LogP contribution in [0.4, 0.5) is 0 Å². The lowest BCUT2D eigenvalue weighted by Crippen LogP contribution is -2.51. The third-order valence-electron chi connectivity index (χ3n) is 4.16. The highest BCUT2D eigenvalue weighted by Crippen LogP contribution is 2.33. The molecule has 116 valence electrons. The number of aryl methyl sites for hydroxylation is 2. The van der Waals surface area contributed by atoms with Gasteiger partial charge in [0.05, 0.1) is 24.7 Å². The summed E-state index contributed by atoms with van der Waals surface area (Å²) in [6.07, 6.45) is 1.51. The van der Waals surface area contributed by atoms with Gasteiger partial charge in [-0.2, -0.15) is 4.31 Å². The highest BCUT2D eigenvalue weighted by molar-refractivity contribution is 7.89. The molecule has 1 spiro atoms. The van der Waals surface area contributed by atoms with E-state index in [1.807, 2.05) is 26.0 Å². The van der Waals surface area contributed by atoms with Gasteiger partial charge in [0, 0.05) is 13.0 Å². The lowest BCUT2D eigenvalue weighted by Gasteiger charge is -2.37. The third kappa shape index (κ3) is 2.73. The first kappa shape index (κ1) is 15.0. The number of hydrogen-bond donors (Lipinski definition) is 0. The molecule has 0 bridgehead atoms. The van der Waals surface area contributed by atoms with Crippen molar-refractivity contribution < 1.29 is 17.9 Å². The van der Waals surface area contributed by atoms with Crippen molar-refractivity contribution in [2.24, 2.45) is 0 Å². The average molecular weight is 311 g/mol. The molecule has 2 aliphatic heterocycles. The van der Waals surface area contributed by atoms with Gasteiger partial charge >= 0.3 is 0 Å². The number of nitrogens with zero attached hydrogens (tertiary/aromatic N) is 1. The Morgan fingerprint density at radius 2 is 1.90 bits per heavy atom. The molecule has 2 aliphatic rings. The molecule has 1 aromatic carbocycles. The van der Waals surface area contributed by atoms with Crippen LogP contribution >= 0.6 is 0 Å². The quantitative estimate of drug-likeness (QED) is 0.836. The van der Waals surface area contributed by atoms with E-state index in [4.69, 9.17) is 9.47 Å². The number of ether oxygens (including phenoxy) is 2. The van der Waals surface area contributed by atoms with Crippen LogP contribution in [-0.4, -0.2) is 44.8 Å². The Morgan fingerprint density at radius 3 is 2.62 bits per heavy atom. The summed E-state index contributed by atoms with van der Waals surface area (Å²) in [4.78, 5) is 0.387. The maximum absolute atomic E-state index is 12.9. The molecule has 5 nitrogen and oxygen atoms in total. The average Bonchev–Trinajstić information content (AvgIpc) is 2.89. The molecule has 3 rings (SSSR count). The molecular weight excluding hydrogens is 290 g/mol. The summed E-state index contributed by atoms with van der Waals surface area (Å²) in [6.45, 7) is 5.61. The van der Waals surface area contributed by atoms with Crippen molar-refractivity contribution in [1.29, 1.82) is 0 Å². The summed E-state index contributed by atoms with van der Waals surface area (Å²) < 4.78 is 38.7. The van der Waals surface area contributed by atoms with Crippen LogP contribution < -0.4 is 0 Å². The van der Waals surface area contributed by atoms with Gasteiger partial charge in [-0.15, -0.1) is 0 Å². The van der Waals surface area contributed by atoms with Crippen LogP contribution in [0.1, 0.15) is 24.0 Å². The van der Waals surface area contributed by atoms with Crippen LogP contribution in [0.3, 0.4) is 0 Å². The summed E-state index contributed by atoms with van der Waals surface area (Å²) in [5.74, 6) is -0.733. The van der Waals surface area contributed by atoms with Gasteiger partial charge in [-0.05, 0) is 37.5 Å². The van der Waals surface area contributed by atoms with Crippen molar-refractivity contribution in [3.8, 4) is 0 Å². The van der Waals surface area contributed by atoms with Crippen LogP contribution in [0.25, 0.3) is 0 Å². The lowest BCUT2D eigenvalue weighted by atomic mass is 10.1. The molecule has 21 heavy (non-hydrogen) atoms. The van der Waals surface area contributed by atoms with Gasteiger partial charge in [-0.1, -0.05) is 12.1 Å². The smallest absolute Gasteiger partial charge is 0.243 e. The Labute approximate surface area is 125 Å². The number of piperidine rings is 1. The number of rotatable bonds is 2. The molecule has 0 aromatic heterocycles. The molecule has 2 saturated heterocycles. The first-order valence-electron chi connectivity index (χ1n) is 7.28. The number of benzene rings is 1. The van der Waals surface area contributed by atoms with Crippen molar-refractivity contribution in [1.82, 2.24) is 4.31 Å². The van der Waals surface area contributed by atoms with Crippen molar-refractivity contribution >= 4 is 10.0 Å². The Kier molecular flexibility index (Phi) is 3.81. The Morgan fingerprint density at radius 1 is 1.19 bits per heavy atom. The first-order valence-corrected chi connectivity index (χ1v) is 8.72. The van der Waals surface area contributed by atoms with Crippen molar-refractivity contribution in [2.45, 2.75) is 37.4 Å². The fraction of sp³-hybridized carbons (Fsp3) is 0.600. The standard InChI is InChI=1S/C15H21NO4S/c1-12-4-5-13(2)14(10-12)21(17,18)16-7-3-6-15(11-16)19-8-9-20-15/h4-5,10H,3,6-9,11H2,1-2H3. The fourth-order valence-corrected chi connectivity index (χ4v) is 4.84. The minimum atomic E-state index is -3.51. The lowest BCUT2D eigenvalue weighted by molar-refractivity contribution is -0.179. The van der Waals surface area contributed by atoms with Crippen LogP contribution in [0, 0.1) is 13.8 Å². The molecule has 0 aliphatic carbocycles. The van der Waals surface area contributed by atoms with Gasteiger partial charge in [0.2, 0.25) is 10.0 Å². The topological polar surface area (TPSA) is 55.8 Å². The Balaban J connectivity index is 1.92. The van der Waals surface area contributed by atoms with Crippen molar-refractivity contribution in [3.63, 3.8) is 0 Å². The number of hydrogen-bond acceptors (Lipinski definition) is 4. The maximum Gasteiger partial charge on any atom is 0.243 e. The zero-order chi connectivity index (χ0) is 15.1. The minimum absolute atomic E-state index is 0.280. The third-order valence-corrected chi connectivity index (χ3v) is 6.14. The molecule has 0 radical (unpaired) electrons. The SMILES string of the molecule is Cc1ccc(C)c(S(=O)(=O)N2CCCC3(C2)OCCO3)c1. The molecule has 6 heteroatoms. The van der Waals surface area contributed by atoms with E-state index in [0.717, 1.165) is 24.0 Å². The van der Waals surface area contributed by atoms with E-state index in [2.05, 4.69) is 0 Å². The van der Waals surface area contributed by atoms with Gasteiger partial charge in [0.15, 0.2) is 5.79 Å². The van der Waals surface area contributed by atoms with E-state index in [0.29, 0.717) is 24.7 Å². The molecule has 1 aromatic rings. The van der Waals surface area contributed by atoms with Crippen molar-refractivity contribution in [3.05, 3.63) is 29.3 Å². The summed E-state index contributed by atoms with van der Waals surface area (Å²) in [7, 11) is -3.51. The molecule has 0 amide bonds. The minimum Gasteiger partial charge on any atom is -0.346 e. The van der Waals surface area contributed by atoms with E-state index < -0.39 is 15.8 Å². The molecule has 0 unspecified atom stereocenters. The normalized spacial score (nSPS) is 22.8. The number of sulfonamides is 1. The second-order valence-corrected chi connectivity index (χ2v) is 7.73. The predicted molar refractivity (Wildman–Crippen MR) is 78.5 cm³/mol. The van der Waals surface area contributed by atoms with E-state index in [1.54, 1.807) is 6.07 Å². The van der Waals surface area contributed by atoms with E-state index in [-0.39, 0.29) is 6.54 Å². The van der Waals surface area contributed by atoms with E-state index in [9.17, 15) is 8.42 Å². The summed E-state index contributed by atoms with van der Waals surface area (Å²) >= 11 is 0. The molecule has 0 atom stereocenters. The van der Waals surface area contributed by atoms with E-state index in [1.165, 1.54) is 4.31 Å². The second-order valence-electron chi connectivity index (χ2n) is 5.82. The highest BCUT2D eigenvalue weighted by Gasteiger charge is 2.44. The van der Waals surface area contributed by atoms with Crippen LogP contribution in [0.15, 0.2) is 23.1 Å². The summed E-state index contributed by atoms with van der Waals surface area (Å²) in [6, 6.07) is 5.52. The second kappa shape index (κ2) is 5.35. The van der Waals surface area contributed by atoms with Gasteiger partial charge in [0.1, 0.15) is 0 Å². The van der Waals surface area contributed by atoms with Crippen LogP contribution in [0.5, 0.6) is 0 Å². The largest absolute Gasteiger partial charge is 0.346 e. The monoisotopic (exact) mass is 311 g/mol. The Bertz CT molecular complexity index is 635. The fourth-order valence-electron chi connectivity index (χ4n) is 3.01. The van der Waals surface area contributed by atoms with Crippen molar-refractivity contribution in [2.75, 3.05) is 26.3 Å². The first-order chi connectivity index (χ1) is 9.93. The van der Waals surface area contributed by atoms with E-state index >= 15 is 0 Å².